The molecule has 0 unspecified atom stereocenters. The second kappa shape index (κ2) is 7.38. The van der Waals surface area contributed by atoms with E-state index in [1.807, 2.05) is 6.07 Å². The van der Waals surface area contributed by atoms with Crippen molar-refractivity contribution in [2.45, 2.75) is 0 Å². The van der Waals surface area contributed by atoms with Crippen molar-refractivity contribution in [2.24, 2.45) is 0 Å². The molecule has 4 nitrogen and oxygen atoms in total. The van der Waals surface area contributed by atoms with E-state index < -0.39 is 11.9 Å². The van der Waals surface area contributed by atoms with Gasteiger partial charge >= 0.3 is 5.97 Å². The second-order valence-electron chi connectivity index (χ2n) is 4.11. The van der Waals surface area contributed by atoms with Gasteiger partial charge in [0.15, 0.2) is 6.61 Å². The summed E-state index contributed by atoms with van der Waals surface area (Å²) in [6.07, 6.45) is 0. The van der Waals surface area contributed by atoms with Crippen molar-refractivity contribution in [2.75, 3.05) is 11.9 Å². The number of amides is 1. The Morgan fingerprint density at radius 2 is 1.81 bits per heavy atom. The zero-order chi connectivity index (χ0) is 15.2. The largest absolute Gasteiger partial charge is 0.452 e. The van der Waals surface area contributed by atoms with Crippen molar-refractivity contribution in [1.29, 1.82) is 0 Å². The van der Waals surface area contributed by atoms with Gasteiger partial charge in [-0.05, 0) is 46.3 Å². The van der Waals surface area contributed by atoms with Crippen LogP contribution in [0.5, 0.6) is 0 Å². The Morgan fingerprint density at radius 3 is 2.52 bits per heavy atom. The lowest BCUT2D eigenvalue weighted by Gasteiger charge is -2.07. The molecule has 108 valence electrons. The molecule has 0 heterocycles. The Kier molecular flexibility index (Phi) is 5.52. The molecule has 2 aromatic rings. The van der Waals surface area contributed by atoms with Gasteiger partial charge in [-0.3, -0.25) is 4.79 Å². The number of hydrogen-bond acceptors (Lipinski definition) is 3. The Bertz CT molecular complexity index is 673. The first-order valence-electron chi connectivity index (χ1n) is 6.03. The van der Waals surface area contributed by atoms with Gasteiger partial charge in [-0.2, -0.15) is 0 Å². The Morgan fingerprint density at radius 1 is 1.05 bits per heavy atom. The van der Waals surface area contributed by atoms with Crippen molar-refractivity contribution < 1.29 is 14.3 Å². The molecule has 0 radical (unpaired) electrons. The fraction of sp³-hybridized carbons (Fsp3) is 0.0667. The van der Waals surface area contributed by atoms with Gasteiger partial charge in [0.2, 0.25) is 0 Å². The molecule has 0 atom stereocenters. The van der Waals surface area contributed by atoms with Crippen LogP contribution in [-0.4, -0.2) is 18.5 Å². The van der Waals surface area contributed by atoms with Crippen LogP contribution in [0.15, 0.2) is 57.5 Å². The average molecular weight is 413 g/mol. The minimum atomic E-state index is -0.549. The van der Waals surface area contributed by atoms with E-state index in [1.165, 1.54) is 0 Å². The number of carbonyl (C=O) groups excluding carboxylic acids is 2. The van der Waals surface area contributed by atoms with Crippen molar-refractivity contribution in [3.05, 3.63) is 63.0 Å². The van der Waals surface area contributed by atoms with Crippen molar-refractivity contribution >= 4 is 49.4 Å². The number of hydrogen-bond donors (Lipinski definition) is 1. The van der Waals surface area contributed by atoms with Gasteiger partial charge < -0.3 is 10.1 Å². The minimum absolute atomic E-state index is 0.341. The van der Waals surface area contributed by atoms with Gasteiger partial charge in [0.25, 0.3) is 5.91 Å². The van der Waals surface area contributed by atoms with Crippen LogP contribution < -0.4 is 5.32 Å². The third kappa shape index (κ3) is 4.68. The van der Waals surface area contributed by atoms with E-state index in [1.54, 1.807) is 42.5 Å². The van der Waals surface area contributed by atoms with Gasteiger partial charge in [-0.25, -0.2) is 4.79 Å². The van der Waals surface area contributed by atoms with Crippen LogP contribution in [0.25, 0.3) is 0 Å². The predicted octanol–water partition coefficient (Wildman–Crippen LogP) is 4.01. The summed E-state index contributed by atoms with van der Waals surface area (Å²) in [6.45, 7) is -0.341. The number of nitrogens with one attached hydrogen (secondary N) is 1. The molecule has 0 spiro atoms. The van der Waals surface area contributed by atoms with Crippen molar-refractivity contribution in [3.63, 3.8) is 0 Å². The van der Waals surface area contributed by atoms with Gasteiger partial charge in [0.1, 0.15) is 0 Å². The Balaban J connectivity index is 1.90. The van der Waals surface area contributed by atoms with E-state index >= 15 is 0 Å². The maximum atomic E-state index is 11.8. The van der Waals surface area contributed by atoms with E-state index in [0.29, 0.717) is 15.7 Å². The molecule has 6 heteroatoms. The summed E-state index contributed by atoms with van der Waals surface area (Å²) in [6, 6.07) is 14.0. The lowest BCUT2D eigenvalue weighted by Crippen LogP contribution is -2.21. The molecule has 0 aliphatic heterocycles. The fourth-order valence-corrected chi connectivity index (χ4v) is 2.44. The van der Waals surface area contributed by atoms with Crippen LogP contribution in [0.1, 0.15) is 10.4 Å². The second-order valence-corrected chi connectivity index (χ2v) is 5.88. The van der Waals surface area contributed by atoms with E-state index in [4.69, 9.17) is 4.74 Å². The number of carbonyl (C=O) groups is 2. The molecule has 2 rings (SSSR count). The summed E-state index contributed by atoms with van der Waals surface area (Å²) >= 11 is 6.57. The fourth-order valence-electron chi connectivity index (χ4n) is 1.60. The molecule has 0 saturated heterocycles. The predicted molar refractivity (Wildman–Crippen MR) is 87.2 cm³/mol. The first-order valence-corrected chi connectivity index (χ1v) is 7.62. The highest BCUT2D eigenvalue weighted by atomic mass is 79.9. The smallest absolute Gasteiger partial charge is 0.339 e. The number of anilines is 1. The Labute approximate surface area is 138 Å². The molecule has 21 heavy (non-hydrogen) atoms. The van der Waals surface area contributed by atoms with Gasteiger partial charge in [-0.1, -0.05) is 34.1 Å². The molecule has 0 bridgehead atoms. The van der Waals surface area contributed by atoms with Gasteiger partial charge in [-0.15, -0.1) is 0 Å². The van der Waals surface area contributed by atoms with Gasteiger partial charge in [0.05, 0.1) is 5.56 Å². The summed E-state index contributed by atoms with van der Waals surface area (Å²) in [4.78, 5) is 23.6. The molecule has 0 saturated carbocycles. The highest BCUT2D eigenvalue weighted by Gasteiger charge is 2.12. The van der Waals surface area contributed by atoms with Crippen LogP contribution >= 0.6 is 31.9 Å². The molecule has 1 amide bonds. The van der Waals surface area contributed by atoms with Crippen LogP contribution in [0.2, 0.25) is 0 Å². The maximum absolute atomic E-state index is 11.8. The molecule has 1 N–H and O–H groups in total. The number of ether oxygens (including phenoxy) is 1. The van der Waals surface area contributed by atoms with E-state index in [-0.39, 0.29) is 6.61 Å². The lowest BCUT2D eigenvalue weighted by molar-refractivity contribution is -0.119. The van der Waals surface area contributed by atoms with Crippen molar-refractivity contribution in [1.82, 2.24) is 0 Å². The third-order valence-electron chi connectivity index (χ3n) is 2.54. The third-order valence-corrected chi connectivity index (χ3v) is 3.72. The highest BCUT2D eigenvalue weighted by Crippen LogP contribution is 2.17. The number of halogens is 2. The molecule has 0 aliphatic rings. The molecule has 0 fully saturated rings. The number of esters is 1. The normalized spacial score (nSPS) is 10.0. The van der Waals surface area contributed by atoms with E-state index in [9.17, 15) is 9.59 Å². The molecular weight excluding hydrogens is 402 g/mol. The summed E-state index contributed by atoms with van der Waals surface area (Å²) in [7, 11) is 0. The quantitative estimate of drug-likeness (QED) is 0.772. The summed E-state index contributed by atoms with van der Waals surface area (Å²) in [5.41, 5.74) is 1.01. The SMILES string of the molecule is O=C(COC(=O)c1ccccc1Br)Nc1cccc(Br)c1. The summed E-state index contributed by atoms with van der Waals surface area (Å²) < 4.78 is 6.46. The van der Waals surface area contributed by atoms with Crippen LogP contribution in [-0.2, 0) is 9.53 Å². The zero-order valence-electron chi connectivity index (χ0n) is 10.8. The molecule has 0 aromatic heterocycles. The summed E-state index contributed by atoms with van der Waals surface area (Å²) in [5, 5.41) is 2.65. The maximum Gasteiger partial charge on any atom is 0.339 e. The number of benzene rings is 2. The van der Waals surface area contributed by atoms with Crippen LogP contribution in [0, 0.1) is 0 Å². The van der Waals surface area contributed by atoms with Crippen LogP contribution in [0.3, 0.4) is 0 Å². The van der Waals surface area contributed by atoms with Crippen molar-refractivity contribution in [3.8, 4) is 0 Å². The molecule has 2 aromatic carbocycles. The Hall–Kier alpha value is -1.66. The highest BCUT2D eigenvalue weighted by molar-refractivity contribution is 9.10. The first kappa shape index (κ1) is 15.7. The topological polar surface area (TPSA) is 55.4 Å². The lowest BCUT2D eigenvalue weighted by atomic mass is 10.2. The van der Waals surface area contributed by atoms with E-state index in [2.05, 4.69) is 37.2 Å². The number of rotatable bonds is 4. The van der Waals surface area contributed by atoms with Gasteiger partial charge in [0, 0.05) is 14.6 Å². The van der Waals surface area contributed by atoms with Crippen LogP contribution in [0.4, 0.5) is 5.69 Å². The standard InChI is InChI=1S/C15H11Br2NO3/c16-10-4-3-5-11(8-10)18-14(19)9-21-15(20)12-6-1-2-7-13(12)17/h1-8H,9H2,(H,18,19). The van der Waals surface area contributed by atoms with E-state index in [0.717, 1.165) is 4.47 Å². The first-order chi connectivity index (χ1) is 10.1. The summed E-state index contributed by atoms with van der Waals surface area (Å²) in [5.74, 6) is -0.944. The monoisotopic (exact) mass is 411 g/mol. The minimum Gasteiger partial charge on any atom is -0.452 e. The molecule has 0 aliphatic carbocycles. The average Bonchev–Trinajstić information content (AvgIpc) is 2.45. The zero-order valence-corrected chi connectivity index (χ0v) is 14.0. The molecular formula is C15H11Br2NO3.